The van der Waals surface area contributed by atoms with E-state index in [1.165, 1.54) is 0 Å². The summed E-state index contributed by atoms with van der Waals surface area (Å²) in [6, 6.07) is -0.0967. The molecular formula is C15H29N3O. The number of hydrogen-bond acceptors (Lipinski definition) is 3. The van der Waals surface area contributed by atoms with Crippen LogP contribution < -0.4 is 16.0 Å². The molecule has 0 saturated carbocycles. The molecule has 0 aliphatic heterocycles. The molecule has 0 fully saturated rings. The van der Waals surface area contributed by atoms with Crippen LogP contribution >= 0.6 is 0 Å². The highest BCUT2D eigenvalue weighted by Crippen LogP contribution is 2.01. The van der Waals surface area contributed by atoms with Crippen molar-refractivity contribution in [1.29, 1.82) is 0 Å². The van der Waals surface area contributed by atoms with Crippen molar-refractivity contribution in [2.24, 2.45) is 0 Å². The Morgan fingerprint density at radius 2 is 1.63 bits per heavy atom. The normalized spacial score (nSPS) is 12.4. The number of unbranched alkanes of at least 4 members (excludes halogenated alkanes) is 3. The summed E-state index contributed by atoms with van der Waals surface area (Å²) in [7, 11) is 1.67. The second-order valence-corrected chi connectivity index (χ2v) is 4.65. The molecule has 4 heteroatoms. The van der Waals surface area contributed by atoms with Gasteiger partial charge in [0.2, 0.25) is 5.91 Å². The van der Waals surface area contributed by atoms with Crippen molar-refractivity contribution in [1.82, 2.24) is 16.0 Å². The van der Waals surface area contributed by atoms with Crippen LogP contribution in [0.4, 0.5) is 0 Å². The number of rotatable bonds is 13. The van der Waals surface area contributed by atoms with E-state index in [4.69, 9.17) is 13.8 Å². The molecule has 4 radical (unpaired) electrons. The zero-order valence-corrected chi connectivity index (χ0v) is 12.2. The van der Waals surface area contributed by atoms with Crippen LogP contribution in [-0.2, 0) is 4.79 Å². The summed E-state index contributed by atoms with van der Waals surface area (Å²) in [5.74, 6) is 0.0631. The van der Waals surface area contributed by atoms with Gasteiger partial charge in [-0.2, -0.15) is 0 Å². The molecule has 0 unspecified atom stereocenters. The van der Waals surface area contributed by atoms with Crippen molar-refractivity contribution in [3.05, 3.63) is 13.8 Å². The zero-order chi connectivity index (χ0) is 14.3. The first kappa shape index (κ1) is 18.4. The van der Waals surface area contributed by atoms with Crippen LogP contribution in [0.5, 0.6) is 0 Å². The fourth-order valence-corrected chi connectivity index (χ4v) is 1.83. The molecule has 0 aliphatic carbocycles. The van der Waals surface area contributed by atoms with Gasteiger partial charge in [0.25, 0.3) is 0 Å². The number of likely N-dealkylation sites (N-methyl/N-ethyl adjacent to an activating group) is 1. The van der Waals surface area contributed by atoms with Gasteiger partial charge in [-0.15, -0.1) is 0 Å². The minimum Gasteiger partial charge on any atom is -0.358 e. The number of carbonyl (C=O) groups excluding carboxylic acids is 1. The fraction of sp³-hybridized carbons (Fsp3) is 0.800. The zero-order valence-electron chi connectivity index (χ0n) is 12.2. The van der Waals surface area contributed by atoms with Gasteiger partial charge in [-0.25, -0.2) is 0 Å². The molecule has 19 heavy (non-hydrogen) atoms. The third kappa shape index (κ3) is 11.0. The van der Waals surface area contributed by atoms with Crippen LogP contribution in [0.15, 0.2) is 0 Å². The standard InChI is InChI=1S/C15H29N3O/c1-4-6-11-17-12-9-8-10-14(15(19)16-3)18-13-7-5-2/h1-2,14,17-18H,4-13H2,3H3,(H,16,19)/t14-/m1/s1. The second kappa shape index (κ2) is 13.8. The van der Waals surface area contributed by atoms with Crippen molar-refractivity contribution < 1.29 is 4.79 Å². The summed E-state index contributed by atoms with van der Waals surface area (Å²) in [4.78, 5) is 11.7. The van der Waals surface area contributed by atoms with Crippen molar-refractivity contribution in [2.45, 2.75) is 51.0 Å². The number of nitrogens with one attached hydrogen (secondary N) is 3. The summed E-state index contributed by atoms with van der Waals surface area (Å²) in [5, 5.41) is 9.29. The number of hydrogen-bond donors (Lipinski definition) is 3. The van der Waals surface area contributed by atoms with Crippen LogP contribution in [0, 0.1) is 13.8 Å². The van der Waals surface area contributed by atoms with Crippen molar-refractivity contribution in [3.63, 3.8) is 0 Å². The highest BCUT2D eigenvalue weighted by Gasteiger charge is 2.15. The van der Waals surface area contributed by atoms with Crippen molar-refractivity contribution in [3.8, 4) is 0 Å². The Morgan fingerprint density at radius 3 is 2.26 bits per heavy atom. The number of amides is 1. The molecule has 3 N–H and O–H groups in total. The molecule has 1 atom stereocenters. The Bertz CT molecular complexity index is 210. The first-order chi connectivity index (χ1) is 9.26. The van der Waals surface area contributed by atoms with Gasteiger partial charge in [-0.1, -0.05) is 6.42 Å². The maximum Gasteiger partial charge on any atom is 0.236 e. The van der Waals surface area contributed by atoms with E-state index >= 15 is 0 Å². The van der Waals surface area contributed by atoms with E-state index in [0.717, 1.165) is 58.2 Å². The lowest BCUT2D eigenvalue weighted by Gasteiger charge is -2.17. The Kier molecular flexibility index (Phi) is 13.4. The third-order valence-electron chi connectivity index (χ3n) is 2.99. The molecule has 0 heterocycles. The van der Waals surface area contributed by atoms with Crippen molar-refractivity contribution in [2.75, 3.05) is 26.7 Å². The third-order valence-corrected chi connectivity index (χ3v) is 2.99. The van der Waals surface area contributed by atoms with Gasteiger partial charge in [0.05, 0.1) is 6.04 Å². The van der Waals surface area contributed by atoms with E-state index in [1.807, 2.05) is 0 Å². The Morgan fingerprint density at radius 1 is 1.00 bits per heavy atom. The SMILES string of the molecule is [CH]CCCNCCCC[C@@H](NCCC[CH])C(=O)NC. The van der Waals surface area contributed by atoms with Crippen molar-refractivity contribution >= 4 is 5.91 Å². The Labute approximate surface area is 119 Å². The molecule has 0 aromatic heterocycles. The summed E-state index contributed by atoms with van der Waals surface area (Å²) in [6.07, 6.45) is 6.27. The Balaban J connectivity index is 3.64. The van der Waals surface area contributed by atoms with Gasteiger partial charge in [-0.05, 0) is 72.0 Å². The molecule has 0 aromatic carbocycles. The lowest BCUT2D eigenvalue weighted by atomic mass is 10.1. The van der Waals surface area contributed by atoms with Crippen LogP contribution in [-0.4, -0.2) is 38.6 Å². The molecule has 0 aromatic rings. The largest absolute Gasteiger partial charge is 0.358 e. The minimum absolute atomic E-state index is 0.0631. The first-order valence-electron chi connectivity index (χ1n) is 7.32. The fourth-order valence-electron chi connectivity index (χ4n) is 1.83. The maximum absolute atomic E-state index is 11.7. The molecule has 0 saturated heterocycles. The first-order valence-corrected chi connectivity index (χ1v) is 7.32. The van der Waals surface area contributed by atoms with E-state index in [0.29, 0.717) is 6.42 Å². The predicted molar refractivity (Wildman–Crippen MR) is 79.6 cm³/mol. The van der Waals surface area contributed by atoms with Gasteiger partial charge in [0.1, 0.15) is 0 Å². The molecule has 0 spiro atoms. The van der Waals surface area contributed by atoms with Crippen LogP contribution in [0.25, 0.3) is 0 Å². The van der Waals surface area contributed by atoms with Gasteiger partial charge in [0.15, 0.2) is 0 Å². The molecule has 0 bridgehead atoms. The summed E-state index contributed by atoms with van der Waals surface area (Å²) >= 11 is 0. The molecule has 0 rings (SSSR count). The molecule has 1 amide bonds. The minimum atomic E-state index is -0.0967. The van der Waals surface area contributed by atoms with Gasteiger partial charge in [0, 0.05) is 7.05 Å². The highest BCUT2D eigenvalue weighted by molar-refractivity contribution is 5.81. The molecule has 0 aliphatic rings. The van der Waals surface area contributed by atoms with E-state index in [2.05, 4.69) is 16.0 Å². The van der Waals surface area contributed by atoms with Crippen LogP contribution in [0.1, 0.15) is 44.9 Å². The quantitative estimate of drug-likeness (QED) is 0.443. The Hall–Kier alpha value is -0.610. The van der Waals surface area contributed by atoms with Gasteiger partial charge >= 0.3 is 0 Å². The van der Waals surface area contributed by atoms with E-state index < -0.39 is 0 Å². The van der Waals surface area contributed by atoms with Crippen LogP contribution in [0.3, 0.4) is 0 Å². The lowest BCUT2D eigenvalue weighted by Crippen LogP contribution is -2.43. The molecular weight excluding hydrogens is 238 g/mol. The van der Waals surface area contributed by atoms with E-state index in [-0.39, 0.29) is 11.9 Å². The topological polar surface area (TPSA) is 53.2 Å². The average molecular weight is 267 g/mol. The smallest absolute Gasteiger partial charge is 0.236 e. The highest BCUT2D eigenvalue weighted by atomic mass is 16.2. The van der Waals surface area contributed by atoms with Gasteiger partial charge in [-0.3, -0.25) is 4.79 Å². The second-order valence-electron chi connectivity index (χ2n) is 4.65. The molecule has 110 valence electrons. The van der Waals surface area contributed by atoms with Gasteiger partial charge < -0.3 is 16.0 Å². The summed E-state index contributed by atoms with van der Waals surface area (Å²) in [6.45, 7) is 13.6. The lowest BCUT2D eigenvalue weighted by molar-refractivity contribution is -0.122. The predicted octanol–water partition coefficient (Wildman–Crippen LogP) is 1.43. The maximum atomic E-state index is 11.7. The summed E-state index contributed by atoms with van der Waals surface area (Å²) < 4.78 is 0. The monoisotopic (exact) mass is 267 g/mol. The van der Waals surface area contributed by atoms with Crippen LogP contribution in [0.2, 0.25) is 0 Å². The molecule has 4 nitrogen and oxygen atoms in total. The van der Waals surface area contributed by atoms with E-state index in [1.54, 1.807) is 7.05 Å². The number of carbonyl (C=O) groups is 1. The summed E-state index contributed by atoms with van der Waals surface area (Å²) in [5.41, 5.74) is 0. The average Bonchev–Trinajstić information content (AvgIpc) is 2.43. The van der Waals surface area contributed by atoms with E-state index in [9.17, 15) is 4.79 Å².